The summed E-state index contributed by atoms with van der Waals surface area (Å²) in [6.07, 6.45) is 0. The van der Waals surface area contributed by atoms with Crippen molar-refractivity contribution in [2.24, 2.45) is 0 Å². The molecule has 0 aliphatic carbocycles. The van der Waals surface area contributed by atoms with Crippen molar-refractivity contribution in [2.45, 2.75) is 0 Å². The molecule has 7 aromatic carbocycles. The number of nitrogens with zero attached hydrogens (tertiary/aromatic N) is 4. The lowest BCUT2D eigenvalue weighted by Gasteiger charge is -2.14. The van der Waals surface area contributed by atoms with Crippen LogP contribution in [0.1, 0.15) is 0 Å². The van der Waals surface area contributed by atoms with Crippen LogP contribution in [0.3, 0.4) is 0 Å². The second-order valence-corrected chi connectivity index (χ2v) is 13.6. The quantitative estimate of drug-likeness (QED) is 0.174. The average molecular weight is 679 g/mol. The van der Waals surface area contributed by atoms with Gasteiger partial charge < -0.3 is 4.57 Å². The Hall–Kier alpha value is -7.24. The minimum Gasteiger partial charge on any atom is -0.309 e. The van der Waals surface area contributed by atoms with Crippen LogP contribution in [0.15, 0.2) is 187 Å². The van der Waals surface area contributed by atoms with E-state index in [1.54, 1.807) is 4.57 Å². The Balaban J connectivity index is 1.11. The largest absolute Gasteiger partial charge is 0.309 e. The van der Waals surface area contributed by atoms with Gasteiger partial charge in [0, 0.05) is 43.7 Å². The molecule has 53 heavy (non-hydrogen) atoms. The van der Waals surface area contributed by atoms with Gasteiger partial charge in [0.15, 0.2) is 0 Å². The summed E-state index contributed by atoms with van der Waals surface area (Å²) >= 11 is 0. The van der Waals surface area contributed by atoms with E-state index in [0.717, 1.165) is 60.6 Å². The van der Waals surface area contributed by atoms with Crippen LogP contribution in [0, 0.1) is 0 Å². The molecule has 0 unspecified atom stereocenters. The van der Waals surface area contributed by atoms with Gasteiger partial charge in [-0.1, -0.05) is 103 Å². The van der Waals surface area contributed by atoms with Gasteiger partial charge in [-0.2, -0.15) is 0 Å². The predicted octanol–water partition coefficient (Wildman–Crippen LogP) is 11.4. The number of rotatable bonds is 4. The lowest BCUT2D eigenvalue weighted by molar-refractivity contribution is 1.04. The van der Waals surface area contributed by atoms with Crippen molar-refractivity contribution < 1.29 is 0 Å². The summed E-state index contributed by atoms with van der Waals surface area (Å²) in [6, 6.07) is 63.1. The van der Waals surface area contributed by atoms with Crippen molar-refractivity contribution in [1.29, 1.82) is 0 Å². The molecule has 11 aromatic rings. The molecule has 0 amide bonds. The highest BCUT2D eigenvalue weighted by atomic mass is 16.1. The molecule has 11 rings (SSSR count). The first-order valence-corrected chi connectivity index (χ1v) is 17.9. The molecule has 0 spiro atoms. The first kappa shape index (κ1) is 29.5. The normalized spacial score (nSPS) is 11.8. The molecule has 0 aliphatic heterocycles. The zero-order chi connectivity index (χ0) is 35.0. The molecule has 0 atom stereocenters. The molecular weight excluding hydrogens is 649 g/mol. The predicted molar refractivity (Wildman–Crippen MR) is 219 cm³/mol. The van der Waals surface area contributed by atoms with Crippen LogP contribution in [-0.2, 0) is 0 Å². The van der Waals surface area contributed by atoms with Crippen molar-refractivity contribution in [3.8, 4) is 28.3 Å². The molecule has 0 radical (unpaired) electrons. The number of aromatic nitrogens is 4. The summed E-state index contributed by atoms with van der Waals surface area (Å²) in [4.78, 5) is 19.5. The van der Waals surface area contributed by atoms with Crippen LogP contribution < -0.4 is 5.56 Å². The molecule has 5 heteroatoms. The fourth-order valence-electron chi connectivity index (χ4n) is 8.31. The highest BCUT2D eigenvalue weighted by Crippen LogP contribution is 2.38. The molecule has 0 aliphatic rings. The lowest BCUT2D eigenvalue weighted by Crippen LogP contribution is -2.20. The first-order chi connectivity index (χ1) is 26.2. The van der Waals surface area contributed by atoms with E-state index in [1.165, 1.54) is 21.8 Å². The molecular formula is C48H30N4O. The fourth-order valence-corrected chi connectivity index (χ4v) is 8.31. The minimum atomic E-state index is -0.140. The van der Waals surface area contributed by atoms with E-state index in [4.69, 9.17) is 4.98 Å². The molecule has 4 heterocycles. The third-order valence-electron chi connectivity index (χ3n) is 10.7. The van der Waals surface area contributed by atoms with E-state index in [1.807, 2.05) is 60.7 Å². The maximum atomic E-state index is 14.3. The lowest BCUT2D eigenvalue weighted by atomic mass is 10.0. The van der Waals surface area contributed by atoms with Crippen molar-refractivity contribution in [3.05, 3.63) is 192 Å². The van der Waals surface area contributed by atoms with Gasteiger partial charge >= 0.3 is 0 Å². The average Bonchev–Trinajstić information content (AvgIpc) is 3.74. The standard InChI is InChI=1S/C48H30N4O/c53-48-47-38(35-17-7-11-21-42(35)51(48)34-15-5-2-6-16-34)25-28-46(49-47)52-43-22-12-9-19-37(43)40-30-32(24-27-45(40)52)31-23-26-44-39(29-31)36-18-8-10-20-41(36)50(44)33-13-3-1-4-14-33/h1-30H. The van der Waals surface area contributed by atoms with E-state index >= 15 is 0 Å². The van der Waals surface area contributed by atoms with Gasteiger partial charge in [0.05, 0.1) is 27.6 Å². The van der Waals surface area contributed by atoms with Crippen molar-refractivity contribution in [1.82, 2.24) is 18.7 Å². The maximum absolute atomic E-state index is 14.3. The number of para-hydroxylation sites is 5. The van der Waals surface area contributed by atoms with Crippen LogP contribution in [0.2, 0.25) is 0 Å². The number of benzene rings is 7. The van der Waals surface area contributed by atoms with Crippen molar-refractivity contribution in [2.75, 3.05) is 0 Å². The second-order valence-electron chi connectivity index (χ2n) is 13.6. The number of pyridine rings is 2. The van der Waals surface area contributed by atoms with Gasteiger partial charge in [-0.25, -0.2) is 4.98 Å². The van der Waals surface area contributed by atoms with E-state index in [2.05, 4.69) is 130 Å². The molecule has 0 saturated carbocycles. The Bertz CT molecular complexity index is 3300. The summed E-state index contributed by atoms with van der Waals surface area (Å²) in [6.45, 7) is 0. The molecule has 4 aromatic heterocycles. The van der Waals surface area contributed by atoms with Gasteiger partial charge in [-0.3, -0.25) is 13.9 Å². The SMILES string of the molecule is O=c1c2nc(-n3c4ccccc4c4cc(-c5ccc6c(c5)c5ccccc5n6-c5ccccc5)ccc43)ccc2c2ccccc2n1-c1ccccc1. The highest BCUT2D eigenvalue weighted by Gasteiger charge is 2.19. The summed E-state index contributed by atoms with van der Waals surface area (Å²) in [7, 11) is 0. The smallest absolute Gasteiger partial charge is 0.282 e. The number of hydrogen-bond donors (Lipinski definition) is 0. The first-order valence-electron chi connectivity index (χ1n) is 17.9. The Morgan fingerprint density at radius 3 is 1.36 bits per heavy atom. The van der Waals surface area contributed by atoms with Gasteiger partial charge in [0.25, 0.3) is 5.56 Å². The minimum absolute atomic E-state index is 0.140. The zero-order valence-electron chi connectivity index (χ0n) is 28.5. The van der Waals surface area contributed by atoms with Gasteiger partial charge in [0.1, 0.15) is 11.3 Å². The Kier molecular flexibility index (Phi) is 6.34. The van der Waals surface area contributed by atoms with Gasteiger partial charge in [0.2, 0.25) is 0 Å². The van der Waals surface area contributed by atoms with Crippen LogP contribution in [0.4, 0.5) is 0 Å². The molecule has 0 N–H and O–H groups in total. The van der Waals surface area contributed by atoms with E-state index in [9.17, 15) is 4.79 Å². The summed E-state index contributed by atoms with van der Waals surface area (Å²) in [5.41, 5.74) is 9.87. The van der Waals surface area contributed by atoms with Gasteiger partial charge in [-0.05, 0) is 90.0 Å². The van der Waals surface area contributed by atoms with Crippen molar-refractivity contribution >= 4 is 65.4 Å². The maximum Gasteiger partial charge on any atom is 0.282 e. The van der Waals surface area contributed by atoms with Crippen LogP contribution >= 0.6 is 0 Å². The topological polar surface area (TPSA) is 44.8 Å². The zero-order valence-corrected chi connectivity index (χ0v) is 28.5. The van der Waals surface area contributed by atoms with Crippen LogP contribution in [-0.4, -0.2) is 18.7 Å². The second kappa shape index (κ2) is 11.4. The monoisotopic (exact) mass is 678 g/mol. The molecule has 0 bridgehead atoms. The van der Waals surface area contributed by atoms with E-state index in [0.29, 0.717) is 11.3 Å². The molecule has 0 saturated heterocycles. The molecule has 5 nitrogen and oxygen atoms in total. The Labute approximate surface area is 303 Å². The summed E-state index contributed by atoms with van der Waals surface area (Å²) in [5.74, 6) is 0.707. The summed E-state index contributed by atoms with van der Waals surface area (Å²) in [5, 5.41) is 6.54. The molecule has 0 fully saturated rings. The molecule has 248 valence electrons. The van der Waals surface area contributed by atoms with E-state index in [-0.39, 0.29) is 5.56 Å². The highest BCUT2D eigenvalue weighted by molar-refractivity contribution is 6.13. The van der Waals surface area contributed by atoms with Crippen LogP contribution in [0.5, 0.6) is 0 Å². The Morgan fingerprint density at radius 1 is 0.340 bits per heavy atom. The third-order valence-corrected chi connectivity index (χ3v) is 10.7. The third kappa shape index (κ3) is 4.38. The number of fused-ring (bicyclic) bond motifs is 9. The van der Waals surface area contributed by atoms with E-state index < -0.39 is 0 Å². The fraction of sp³-hybridized carbons (Fsp3) is 0. The number of hydrogen-bond acceptors (Lipinski definition) is 2. The summed E-state index contributed by atoms with van der Waals surface area (Å²) < 4.78 is 6.31. The Morgan fingerprint density at radius 2 is 0.774 bits per heavy atom. The van der Waals surface area contributed by atoms with Crippen molar-refractivity contribution in [3.63, 3.8) is 0 Å². The van der Waals surface area contributed by atoms with Crippen LogP contribution in [0.25, 0.3) is 93.7 Å². The van der Waals surface area contributed by atoms with Gasteiger partial charge in [-0.15, -0.1) is 0 Å².